The molecule has 0 fully saturated rings. The molecule has 2 rings (SSSR count). The monoisotopic (exact) mass is 279 g/mol. The fourth-order valence-corrected chi connectivity index (χ4v) is 2.80. The number of hydrogen-bond acceptors (Lipinski definition) is 3. The molecule has 0 saturated carbocycles. The zero-order chi connectivity index (χ0) is 14.0. The Labute approximate surface area is 114 Å². The molecule has 0 amide bonds. The van der Waals surface area contributed by atoms with E-state index in [2.05, 4.69) is 4.98 Å². The molecule has 3 nitrogen and oxygen atoms in total. The number of nitrogens with zero attached hydrogens (tertiary/aromatic N) is 1. The molecule has 100 valence electrons. The summed E-state index contributed by atoms with van der Waals surface area (Å²) in [4.78, 5) is 14.9. The highest BCUT2D eigenvalue weighted by molar-refractivity contribution is 7.10. The number of hydrogen-bond donors (Lipinski definition) is 1. The van der Waals surface area contributed by atoms with Crippen molar-refractivity contribution in [3.63, 3.8) is 0 Å². The molecular formula is C14H14FNO2S. The van der Waals surface area contributed by atoms with Crippen LogP contribution in [0.5, 0.6) is 0 Å². The Hall–Kier alpha value is -1.75. The number of carboxylic acid groups (broad SMARTS) is 1. The van der Waals surface area contributed by atoms with Gasteiger partial charge in [0.2, 0.25) is 0 Å². The molecule has 1 aromatic carbocycles. The Morgan fingerprint density at radius 1 is 1.42 bits per heavy atom. The standard InChI is InChI=1S/C14H14FNO2S/c1-14(2,7-9-5-3-4-6-10(9)15)13-16-11(8-19-13)12(17)18/h3-6,8H,7H2,1-2H3,(H,17,18). The van der Waals surface area contributed by atoms with Crippen LogP contribution in [0.1, 0.15) is 34.9 Å². The lowest BCUT2D eigenvalue weighted by Crippen LogP contribution is -2.21. The minimum Gasteiger partial charge on any atom is -0.476 e. The van der Waals surface area contributed by atoms with Crippen LogP contribution in [-0.2, 0) is 11.8 Å². The maximum Gasteiger partial charge on any atom is 0.355 e. The van der Waals surface area contributed by atoms with Crippen molar-refractivity contribution >= 4 is 17.3 Å². The van der Waals surface area contributed by atoms with Crippen LogP contribution in [0.25, 0.3) is 0 Å². The first-order chi connectivity index (χ1) is 8.90. The van der Waals surface area contributed by atoms with Gasteiger partial charge in [0.15, 0.2) is 5.69 Å². The highest BCUT2D eigenvalue weighted by Gasteiger charge is 2.27. The van der Waals surface area contributed by atoms with Gasteiger partial charge < -0.3 is 5.11 Å². The van der Waals surface area contributed by atoms with Crippen LogP contribution in [-0.4, -0.2) is 16.1 Å². The predicted octanol–water partition coefficient (Wildman–Crippen LogP) is 3.50. The second-order valence-electron chi connectivity index (χ2n) is 5.00. The highest BCUT2D eigenvalue weighted by Crippen LogP contribution is 2.30. The summed E-state index contributed by atoms with van der Waals surface area (Å²) in [6.45, 7) is 3.87. The summed E-state index contributed by atoms with van der Waals surface area (Å²) in [5.41, 5.74) is 0.252. The van der Waals surface area contributed by atoms with Crippen molar-refractivity contribution < 1.29 is 14.3 Å². The summed E-state index contributed by atoms with van der Waals surface area (Å²) in [5.74, 6) is -1.28. The Morgan fingerprint density at radius 3 is 2.68 bits per heavy atom. The van der Waals surface area contributed by atoms with E-state index >= 15 is 0 Å². The lowest BCUT2D eigenvalue weighted by molar-refractivity contribution is 0.0691. The van der Waals surface area contributed by atoms with Crippen molar-refractivity contribution in [1.29, 1.82) is 0 Å². The molecule has 1 N–H and O–H groups in total. The molecule has 0 spiro atoms. The van der Waals surface area contributed by atoms with E-state index in [4.69, 9.17) is 5.11 Å². The predicted molar refractivity (Wildman–Crippen MR) is 72.2 cm³/mol. The van der Waals surface area contributed by atoms with Crippen molar-refractivity contribution in [3.8, 4) is 0 Å². The summed E-state index contributed by atoms with van der Waals surface area (Å²) < 4.78 is 13.7. The first-order valence-corrected chi connectivity index (χ1v) is 6.71. The molecule has 1 aromatic heterocycles. The maximum atomic E-state index is 13.7. The van der Waals surface area contributed by atoms with Crippen molar-refractivity contribution in [1.82, 2.24) is 4.98 Å². The van der Waals surface area contributed by atoms with Crippen molar-refractivity contribution in [2.75, 3.05) is 0 Å². The molecular weight excluding hydrogens is 265 g/mol. The zero-order valence-corrected chi connectivity index (χ0v) is 11.5. The van der Waals surface area contributed by atoms with Gasteiger partial charge in [0.25, 0.3) is 0 Å². The van der Waals surface area contributed by atoms with Crippen molar-refractivity contribution in [2.45, 2.75) is 25.7 Å². The highest BCUT2D eigenvalue weighted by atomic mass is 32.1. The van der Waals surface area contributed by atoms with E-state index in [1.807, 2.05) is 13.8 Å². The van der Waals surface area contributed by atoms with E-state index in [-0.39, 0.29) is 11.5 Å². The normalized spacial score (nSPS) is 11.5. The van der Waals surface area contributed by atoms with Crippen molar-refractivity contribution in [3.05, 3.63) is 51.7 Å². The zero-order valence-electron chi connectivity index (χ0n) is 10.7. The average molecular weight is 279 g/mol. The van der Waals surface area contributed by atoms with Crippen LogP contribution < -0.4 is 0 Å². The average Bonchev–Trinajstić information content (AvgIpc) is 2.82. The number of benzene rings is 1. The lowest BCUT2D eigenvalue weighted by Gasteiger charge is -2.22. The van der Waals surface area contributed by atoms with Gasteiger partial charge in [-0.25, -0.2) is 14.2 Å². The van der Waals surface area contributed by atoms with Gasteiger partial charge in [0.05, 0.1) is 5.01 Å². The van der Waals surface area contributed by atoms with Crippen LogP contribution in [0.3, 0.4) is 0 Å². The third-order valence-electron chi connectivity index (χ3n) is 2.89. The summed E-state index contributed by atoms with van der Waals surface area (Å²) >= 11 is 1.30. The van der Waals surface area contributed by atoms with Crippen LogP contribution in [0.4, 0.5) is 4.39 Å². The van der Waals surface area contributed by atoms with Gasteiger partial charge in [-0.3, -0.25) is 0 Å². The number of halogens is 1. The molecule has 0 aliphatic carbocycles. The van der Waals surface area contributed by atoms with Gasteiger partial charge in [0, 0.05) is 10.8 Å². The Morgan fingerprint density at radius 2 is 2.11 bits per heavy atom. The van der Waals surface area contributed by atoms with Gasteiger partial charge >= 0.3 is 5.97 Å². The number of carbonyl (C=O) groups is 1. The molecule has 0 bridgehead atoms. The topological polar surface area (TPSA) is 50.2 Å². The molecule has 19 heavy (non-hydrogen) atoms. The summed E-state index contributed by atoms with van der Waals surface area (Å²) in [7, 11) is 0. The quantitative estimate of drug-likeness (QED) is 0.931. The smallest absolute Gasteiger partial charge is 0.355 e. The summed E-state index contributed by atoms with van der Waals surface area (Å²) in [6.07, 6.45) is 0.478. The van der Waals surface area contributed by atoms with Crippen LogP contribution >= 0.6 is 11.3 Å². The first-order valence-electron chi connectivity index (χ1n) is 5.83. The number of rotatable bonds is 4. The first kappa shape index (κ1) is 13.7. The molecule has 5 heteroatoms. The minimum absolute atomic E-state index is 0.0432. The van der Waals surface area contributed by atoms with E-state index in [9.17, 15) is 9.18 Å². The van der Waals surface area contributed by atoms with Crippen LogP contribution in [0.15, 0.2) is 29.6 Å². The summed E-state index contributed by atoms with van der Waals surface area (Å²) in [6, 6.07) is 6.61. The number of carboxylic acids is 1. The molecule has 0 aliphatic heterocycles. The molecule has 0 radical (unpaired) electrons. The number of thiazole rings is 1. The molecule has 0 aliphatic rings. The third-order valence-corrected chi connectivity index (χ3v) is 4.10. The molecule has 1 heterocycles. The SMILES string of the molecule is CC(C)(Cc1ccccc1F)c1nc(C(=O)O)cs1. The Balaban J connectivity index is 2.26. The van der Waals surface area contributed by atoms with E-state index < -0.39 is 11.4 Å². The third kappa shape index (κ3) is 2.98. The summed E-state index contributed by atoms with van der Waals surface area (Å²) in [5, 5.41) is 11.1. The van der Waals surface area contributed by atoms with Gasteiger partial charge in [0.1, 0.15) is 5.82 Å². The number of aromatic carboxylic acids is 1. The Bertz CT molecular complexity index is 607. The van der Waals surface area contributed by atoms with Gasteiger partial charge in [-0.05, 0) is 18.1 Å². The molecule has 0 unspecified atom stereocenters. The Kier molecular flexibility index (Phi) is 3.66. The second-order valence-corrected chi connectivity index (χ2v) is 5.85. The largest absolute Gasteiger partial charge is 0.476 e. The fourth-order valence-electron chi connectivity index (χ4n) is 1.88. The van der Waals surface area contributed by atoms with Gasteiger partial charge in [-0.2, -0.15) is 0 Å². The fraction of sp³-hybridized carbons (Fsp3) is 0.286. The van der Waals surface area contributed by atoms with E-state index in [1.54, 1.807) is 18.2 Å². The lowest BCUT2D eigenvalue weighted by atomic mass is 9.86. The number of aromatic nitrogens is 1. The van der Waals surface area contributed by atoms with Crippen LogP contribution in [0.2, 0.25) is 0 Å². The molecule has 0 saturated heterocycles. The second kappa shape index (κ2) is 5.09. The van der Waals surface area contributed by atoms with E-state index in [0.717, 1.165) is 0 Å². The maximum absolute atomic E-state index is 13.7. The molecule has 2 aromatic rings. The van der Waals surface area contributed by atoms with Gasteiger partial charge in [-0.15, -0.1) is 11.3 Å². The van der Waals surface area contributed by atoms with Crippen molar-refractivity contribution in [2.24, 2.45) is 0 Å². The van der Waals surface area contributed by atoms with E-state index in [0.29, 0.717) is 17.0 Å². The van der Waals surface area contributed by atoms with E-state index in [1.165, 1.54) is 22.8 Å². The van der Waals surface area contributed by atoms with Crippen LogP contribution in [0, 0.1) is 5.82 Å². The van der Waals surface area contributed by atoms with Gasteiger partial charge in [-0.1, -0.05) is 32.0 Å². The minimum atomic E-state index is -1.04. The molecule has 0 atom stereocenters.